The summed E-state index contributed by atoms with van der Waals surface area (Å²) in [5.41, 5.74) is 0. The van der Waals surface area contributed by atoms with Crippen LogP contribution in [0, 0.1) is 0 Å². The van der Waals surface area contributed by atoms with Crippen molar-refractivity contribution in [3.63, 3.8) is 0 Å². The average molecular weight is 1050 g/mol. The van der Waals surface area contributed by atoms with Crippen LogP contribution >= 0.6 is 0 Å². The standard InChI is InChI=1S/C69H122O6/c1-4-7-10-13-16-19-21-23-25-27-29-30-31-32-33-34-35-36-37-38-40-41-43-45-47-50-53-56-59-62-68(71)74-65-66(64-73-67(70)61-58-55-52-49-18-15-12-9-6-3)75-69(72)63-60-57-54-51-48-46-44-42-39-28-26-24-22-20-17-14-11-8-5-2/h7,10,16-17,19-20,23-26,29-30,66H,4-6,8-9,11-15,18,21-22,27-28,31-65H2,1-3H3/b10-7-,19-16-,20-17-,25-23-,26-24-,30-29-. The van der Waals surface area contributed by atoms with Crippen LogP contribution in [0.15, 0.2) is 72.9 Å². The smallest absolute Gasteiger partial charge is 0.306 e. The Bertz CT molecular complexity index is 1390. The zero-order valence-corrected chi connectivity index (χ0v) is 49.8. The first-order valence-electron chi connectivity index (χ1n) is 32.4. The van der Waals surface area contributed by atoms with Crippen molar-refractivity contribution in [2.24, 2.45) is 0 Å². The van der Waals surface area contributed by atoms with Crippen molar-refractivity contribution in [3.8, 4) is 0 Å². The molecule has 434 valence electrons. The van der Waals surface area contributed by atoms with E-state index in [4.69, 9.17) is 14.2 Å². The third kappa shape index (κ3) is 61.6. The fourth-order valence-corrected chi connectivity index (χ4v) is 9.35. The monoisotopic (exact) mass is 1050 g/mol. The summed E-state index contributed by atoms with van der Waals surface area (Å²) in [5, 5.41) is 0. The molecule has 0 amide bonds. The number of rotatable bonds is 59. The van der Waals surface area contributed by atoms with E-state index in [9.17, 15) is 14.4 Å². The number of allylic oxidation sites excluding steroid dienone is 12. The van der Waals surface area contributed by atoms with Gasteiger partial charge in [-0.05, 0) is 89.9 Å². The zero-order valence-electron chi connectivity index (χ0n) is 49.8. The van der Waals surface area contributed by atoms with Gasteiger partial charge in [0.25, 0.3) is 0 Å². The molecule has 0 aromatic carbocycles. The molecule has 0 aliphatic heterocycles. The summed E-state index contributed by atoms with van der Waals surface area (Å²) in [5.74, 6) is -0.864. The molecule has 0 aromatic rings. The second-order valence-electron chi connectivity index (χ2n) is 21.6. The topological polar surface area (TPSA) is 78.9 Å². The molecule has 6 heteroatoms. The molecule has 0 saturated carbocycles. The van der Waals surface area contributed by atoms with E-state index in [0.717, 1.165) is 89.9 Å². The molecule has 0 N–H and O–H groups in total. The Morgan fingerprint density at radius 2 is 0.520 bits per heavy atom. The van der Waals surface area contributed by atoms with E-state index in [-0.39, 0.29) is 31.1 Å². The Kier molecular flexibility index (Phi) is 60.7. The molecule has 6 nitrogen and oxygen atoms in total. The van der Waals surface area contributed by atoms with Crippen LogP contribution in [0.4, 0.5) is 0 Å². The van der Waals surface area contributed by atoms with Crippen LogP contribution in [0.3, 0.4) is 0 Å². The molecular formula is C69H122O6. The molecule has 0 fully saturated rings. The van der Waals surface area contributed by atoms with Crippen LogP contribution in [0.25, 0.3) is 0 Å². The van der Waals surface area contributed by atoms with E-state index in [0.29, 0.717) is 19.3 Å². The lowest BCUT2D eigenvalue weighted by atomic mass is 10.0. The average Bonchev–Trinajstić information content (AvgIpc) is 3.41. The van der Waals surface area contributed by atoms with Crippen molar-refractivity contribution in [1.82, 2.24) is 0 Å². The van der Waals surface area contributed by atoms with E-state index in [1.807, 2.05) is 0 Å². The maximum atomic E-state index is 12.9. The van der Waals surface area contributed by atoms with E-state index in [1.54, 1.807) is 0 Å². The number of ether oxygens (including phenoxy) is 3. The minimum Gasteiger partial charge on any atom is -0.462 e. The second kappa shape index (κ2) is 63.4. The summed E-state index contributed by atoms with van der Waals surface area (Å²) >= 11 is 0. The van der Waals surface area contributed by atoms with Gasteiger partial charge in [0.05, 0.1) is 0 Å². The molecule has 0 aliphatic carbocycles. The highest BCUT2D eigenvalue weighted by molar-refractivity contribution is 5.71. The van der Waals surface area contributed by atoms with E-state index >= 15 is 0 Å². The van der Waals surface area contributed by atoms with Crippen molar-refractivity contribution in [1.29, 1.82) is 0 Å². The lowest BCUT2D eigenvalue weighted by Gasteiger charge is -2.18. The van der Waals surface area contributed by atoms with Crippen molar-refractivity contribution in [2.45, 2.75) is 335 Å². The molecule has 0 radical (unpaired) electrons. The minimum atomic E-state index is -0.774. The molecule has 1 atom stereocenters. The number of carbonyl (C=O) groups excluding carboxylic acids is 3. The molecule has 75 heavy (non-hydrogen) atoms. The van der Waals surface area contributed by atoms with Crippen LogP contribution in [-0.2, 0) is 28.6 Å². The third-order valence-corrected chi connectivity index (χ3v) is 14.2. The first-order valence-corrected chi connectivity index (χ1v) is 32.4. The van der Waals surface area contributed by atoms with Crippen LogP contribution in [0.5, 0.6) is 0 Å². The van der Waals surface area contributed by atoms with Gasteiger partial charge in [-0.3, -0.25) is 14.4 Å². The van der Waals surface area contributed by atoms with Gasteiger partial charge in [-0.25, -0.2) is 0 Å². The fraction of sp³-hybridized carbons (Fsp3) is 0.783. The summed E-state index contributed by atoms with van der Waals surface area (Å²) in [6.45, 7) is 6.52. The number of hydrogen-bond acceptors (Lipinski definition) is 6. The Morgan fingerprint density at radius 3 is 0.840 bits per heavy atom. The number of esters is 3. The molecule has 0 rings (SSSR count). The van der Waals surface area contributed by atoms with Gasteiger partial charge < -0.3 is 14.2 Å². The van der Waals surface area contributed by atoms with Crippen molar-refractivity contribution >= 4 is 17.9 Å². The molecule has 0 bridgehead atoms. The molecule has 0 heterocycles. The van der Waals surface area contributed by atoms with Crippen molar-refractivity contribution in [3.05, 3.63) is 72.9 Å². The van der Waals surface area contributed by atoms with E-state index in [1.165, 1.54) is 199 Å². The predicted molar refractivity (Wildman–Crippen MR) is 325 cm³/mol. The van der Waals surface area contributed by atoms with E-state index < -0.39 is 6.10 Å². The Balaban J connectivity index is 4.14. The quantitative estimate of drug-likeness (QED) is 0.0261. The van der Waals surface area contributed by atoms with Gasteiger partial charge in [-0.15, -0.1) is 0 Å². The van der Waals surface area contributed by atoms with E-state index in [2.05, 4.69) is 93.7 Å². The van der Waals surface area contributed by atoms with Gasteiger partial charge in [0.2, 0.25) is 0 Å². The minimum absolute atomic E-state index is 0.0727. The predicted octanol–water partition coefficient (Wildman–Crippen LogP) is 22.1. The molecule has 1 unspecified atom stereocenters. The summed E-state index contributed by atoms with van der Waals surface area (Å²) in [6.07, 6.45) is 82.1. The second-order valence-corrected chi connectivity index (χ2v) is 21.6. The van der Waals surface area contributed by atoms with Crippen LogP contribution in [-0.4, -0.2) is 37.2 Å². The molecular weight excluding hydrogens is 925 g/mol. The van der Waals surface area contributed by atoms with Gasteiger partial charge in [0.1, 0.15) is 13.2 Å². The SMILES string of the molecule is CC/C=C\C/C=C\C/C=C\C/C=C\CCCCCCCCCCCCCCCCCCC(=O)OCC(COC(=O)CCCCCCCCCCC)OC(=O)CCCCCCCCCCC/C=C\C/C=C\CCCCC. The highest BCUT2D eigenvalue weighted by Crippen LogP contribution is 2.17. The summed E-state index contributed by atoms with van der Waals surface area (Å²) in [4.78, 5) is 38.2. The van der Waals surface area contributed by atoms with Crippen LogP contribution in [0.1, 0.15) is 329 Å². The van der Waals surface area contributed by atoms with Crippen molar-refractivity contribution in [2.75, 3.05) is 13.2 Å². The van der Waals surface area contributed by atoms with Gasteiger partial charge in [-0.2, -0.15) is 0 Å². The normalized spacial score (nSPS) is 12.5. The zero-order chi connectivity index (χ0) is 54.3. The van der Waals surface area contributed by atoms with Gasteiger partial charge in [0.15, 0.2) is 6.10 Å². The highest BCUT2D eigenvalue weighted by Gasteiger charge is 2.19. The maximum Gasteiger partial charge on any atom is 0.306 e. The maximum absolute atomic E-state index is 12.9. The lowest BCUT2D eigenvalue weighted by molar-refractivity contribution is -0.167. The fourth-order valence-electron chi connectivity index (χ4n) is 9.35. The van der Waals surface area contributed by atoms with Crippen molar-refractivity contribution < 1.29 is 28.6 Å². The first kappa shape index (κ1) is 71.8. The van der Waals surface area contributed by atoms with Gasteiger partial charge in [-0.1, -0.05) is 293 Å². The third-order valence-electron chi connectivity index (χ3n) is 14.2. The molecule has 0 aliphatic rings. The molecule has 0 aromatic heterocycles. The van der Waals surface area contributed by atoms with Crippen LogP contribution < -0.4 is 0 Å². The summed E-state index contributed by atoms with van der Waals surface area (Å²) < 4.78 is 16.9. The number of unbranched alkanes of at least 4 members (excludes halogenated alkanes) is 36. The van der Waals surface area contributed by atoms with Crippen LogP contribution in [0.2, 0.25) is 0 Å². The summed E-state index contributed by atoms with van der Waals surface area (Å²) in [6, 6.07) is 0. The highest BCUT2D eigenvalue weighted by atomic mass is 16.6. The Morgan fingerprint density at radius 1 is 0.280 bits per heavy atom. The first-order chi connectivity index (χ1) is 37.0. The Labute approximate surface area is 465 Å². The molecule has 0 saturated heterocycles. The lowest BCUT2D eigenvalue weighted by Crippen LogP contribution is -2.30. The number of hydrogen-bond donors (Lipinski definition) is 0. The Hall–Kier alpha value is -3.15. The number of carbonyl (C=O) groups is 3. The van der Waals surface area contributed by atoms with Gasteiger partial charge in [0, 0.05) is 19.3 Å². The molecule has 0 spiro atoms. The van der Waals surface area contributed by atoms with Gasteiger partial charge >= 0.3 is 17.9 Å². The largest absolute Gasteiger partial charge is 0.462 e. The summed E-state index contributed by atoms with van der Waals surface area (Å²) in [7, 11) is 0.